The first kappa shape index (κ1) is 18.0. The van der Waals surface area contributed by atoms with Gasteiger partial charge in [0, 0.05) is 38.1 Å². The Bertz CT molecular complexity index is 605. The molecule has 0 spiro atoms. The summed E-state index contributed by atoms with van der Waals surface area (Å²) in [5.74, 6) is 1.65. The second kappa shape index (κ2) is 8.10. The lowest BCUT2D eigenvalue weighted by atomic mass is 9.74. The Morgan fingerprint density at radius 3 is 2.77 bits per heavy atom. The van der Waals surface area contributed by atoms with E-state index >= 15 is 0 Å². The molecule has 4 rings (SSSR count). The fourth-order valence-electron chi connectivity index (χ4n) is 5.63. The number of rotatable bonds is 5. The third kappa shape index (κ3) is 3.81. The smallest absolute Gasteiger partial charge is 0.222 e. The van der Waals surface area contributed by atoms with Gasteiger partial charge in [-0.2, -0.15) is 0 Å². The summed E-state index contributed by atoms with van der Waals surface area (Å²) in [5, 5.41) is 0. The second-order valence-corrected chi connectivity index (χ2v) is 8.59. The van der Waals surface area contributed by atoms with E-state index in [1.807, 2.05) is 0 Å². The van der Waals surface area contributed by atoms with Crippen LogP contribution >= 0.6 is 0 Å². The molecule has 26 heavy (non-hydrogen) atoms. The zero-order valence-corrected chi connectivity index (χ0v) is 15.9. The number of likely N-dealkylation sites (tertiary alicyclic amines) is 1. The molecule has 1 amide bonds. The molecule has 4 nitrogen and oxygen atoms in total. The lowest BCUT2D eigenvalue weighted by Crippen LogP contribution is -2.62. The number of hydrogen-bond acceptors (Lipinski definition) is 3. The molecule has 0 aromatic heterocycles. The van der Waals surface area contributed by atoms with E-state index in [0.29, 0.717) is 42.8 Å². The van der Waals surface area contributed by atoms with Crippen molar-refractivity contribution in [3.63, 3.8) is 0 Å². The molecule has 0 saturated carbocycles. The highest BCUT2D eigenvalue weighted by atomic mass is 16.2. The van der Waals surface area contributed by atoms with Crippen molar-refractivity contribution in [2.24, 2.45) is 17.6 Å². The Labute approximate surface area is 157 Å². The molecule has 4 atom stereocenters. The predicted octanol–water partition coefficient (Wildman–Crippen LogP) is 2.67. The fraction of sp³-hybridized carbons (Fsp3) is 0.682. The number of benzene rings is 1. The summed E-state index contributed by atoms with van der Waals surface area (Å²) in [7, 11) is 0. The average Bonchev–Trinajstić information content (AvgIpc) is 2.67. The van der Waals surface area contributed by atoms with Crippen LogP contribution in [-0.2, 0) is 11.2 Å². The first-order valence-electron chi connectivity index (χ1n) is 10.5. The minimum absolute atomic E-state index is 0.329. The van der Waals surface area contributed by atoms with Crippen molar-refractivity contribution in [3.8, 4) is 0 Å². The van der Waals surface area contributed by atoms with Gasteiger partial charge in [0.25, 0.3) is 0 Å². The minimum atomic E-state index is 0.329. The highest BCUT2D eigenvalue weighted by Crippen LogP contribution is 2.40. The van der Waals surface area contributed by atoms with Crippen LogP contribution in [0.3, 0.4) is 0 Å². The van der Waals surface area contributed by atoms with E-state index in [9.17, 15) is 4.79 Å². The Hall–Kier alpha value is -1.39. The van der Waals surface area contributed by atoms with Crippen LogP contribution in [-0.4, -0.2) is 54.0 Å². The average molecular weight is 356 g/mol. The van der Waals surface area contributed by atoms with Crippen LogP contribution in [0.25, 0.3) is 0 Å². The van der Waals surface area contributed by atoms with Gasteiger partial charge in [0.1, 0.15) is 0 Å². The highest BCUT2D eigenvalue weighted by molar-refractivity contribution is 5.76. The number of nitrogens with two attached hydrogens (primary N) is 1. The monoisotopic (exact) mass is 355 g/mol. The summed E-state index contributed by atoms with van der Waals surface area (Å²) in [6, 6.07) is 12.3. The zero-order valence-electron chi connectivity index (χ0n) is 15.9. The van der Waals surface area contributed by atoms with Crippen molar-refractivity contribution in [1.29, 1.82) is 0 Å². The standard InChI is InChI=1S/C22H33N3O/c23-11-5-10-22(26)24-14-18-12-19(16-24)21-9-4-8-20(25(21)15-18)13-17-6-2-1-3-7-17/h1-3,6-7,18-21H,4-5,8-16,23H2/t18-,19+,20+,21-/m0/s1. The number of fused-ring (bicyclic) bond motifs is 4. The van der Waals surface area contributed by atoms with Crippen molar-refractivity contribution in [2.45, 2.75) is 57.0 Å². The Morgan fingerprint density at radius 2 is 1.96 bits per heavy atom. The largest absolute Gasteiger partial charge is 0.342 e. The van der Waals surface area contributed by atoms with Gasteiger partial charge in [-0.15, -0.1) is 0 Å². The molecule has 142 valence electrons. The Kier molecular flexibility index (Phi) is 5.60. The van der Waals surface area contributed by atoms with Gasteiger partial charge in [-0.1, -0.05) is 36.8 Å². The molecule has 4 heteroatoms. The summed E-state index contributed by atoms with van der Waals surface area (Å²) in [4.78, 5) is 17.5. The maximum absolute atomic E-state index is 12.5. The van der Waals surface area contributed by atoms with E-state index in [1.54, 1.807) is 0 Å². The maximum Gasteiger partial charge on any atom is 0.222 e. The van der Waals surface area contributed by atoms with Gasteiger partial charge in [-0.3, -0.25) is 9.69 Å². The number of carbonyl (C=O) groups is 1. The predicted molar refractivity (Wildman–Crippen MR) is 105 cm³/mol. The number of piperidine rings is 3. The van der Waals surface area contributed by atoms with Gasteiger partial charge < -0.3 is 10.6 Å². The number of nitrogens with zero attached hydrogens (tertiary/aromatic N) is 2. The van der Waals surface area contributed by atoms with Crippen LogP contribution in [0.5, 0.6) is 0 Å². The summed E-state index contributed by atoms with van der Waals surface area (Å²) >= 11 is 0. The summed E-state index contributed by atoms with van der Waals surface area (Å²) < 4.78 is 0. The molecule has 0 unspecified atom stereocenters. The number of amides is 1. The molecule has 0 aliphatic carbocycles. The number of carbonyl (C=O) groups excluding carboxylic acids is 1. The van der Waals surface area contributed by atoms with Crippen molar-refractivity contribution >= 4 is 5.91 Å². The summed E-state index contributed by atoms with van der Waals surface area (Å²) in [6.45, 7) is 3.73. The lowest BCUT2D eigenvalue weighted by molar-refractivity contribution is -0.139. The first-order chi connectivity index (χ1) is 12.7. The molecule has 3 aliphatic rings. The van der Waals surface area contributed by atoms with E-state index in [-0.39, 0.29) is 0 Å². The second-order valence-electron chi connectivity index (χ2n) is 8.59. The molecule has 3 saturated heterocycles. The molecular weight excluding hydrogens is 322 g/mol. The third-order valence-electron chi connectivity index (χ3n) is 6.78. The van der Waals surface area contributed by atoms with Crippen molar-refractivity contribution in [2.75, 3.05) is 26.2 Å². The van der Waals surface area contributed by atoms with Crippen molar-refractivity contribution in [3.05, 3.63) is 35.9 Å². The quantitative estimate of drug-likeness (QED) is 0.883. The lowest BCUT2D eigenvalue weighted by Gasteiger charge is -2.55. The summed E-state index contributed by atoms with van der Waals surface area (Å²) in [5.41, 5.74) is 7.05. The molecule has 1 aromatic rings. The minimum Gasteiger partial charge on any atom is -0.342 e. The van der Waals surface area contributed by atoms with Crippen LogP contribution in [0.1, 0.15) is 44.1 Å². The molecule has 3 fully saturated rings. The van der Waals surface area contributed by atoms with E-state index in [4.69, 9.17) is 5.73 Å². The van der Waals surface area contributed by atoms with Crippen LogP contribution in [0.4, 0.5) is 0 Å². The van der Waals surface area contributed by atoms with Gasteiger partial charge in [0.05, 0.1) is 0 Å². The Morgan fingerprint density at radius 1 is 1.12 bits per heavy atom. The molecule has 3 heterocycles. The van der Waals surface area contributed by atoms with Crippen LogP contribution in [0, 0.1) is 11.8 Å². The highest BCUT2D eigenvalue weighted by Gasteiger charge is 2.45. The normalized spacial score (nSPS) is 31.5. The third-order valence-corrected chi connectivity index (χ3v) is 6.78. The van der Waals surface area contributed by atoms with E-state index in [1.165, 1.54) is 44.2 Å². The van der Waals surface area contributed by atoms with Gasteiger partial charge in [-0.25, -0.2) is 0 Å². The van der Waals surface area contributed by atoms with Gasteiger partial charge >= 0.3 is 0 Å². The molecular formula is C22H33N3O. The van der Waals surface area contributed by atoms with Crippen LogP contribution < -0.4 is 5.73 Å². The SMILES string of the molecule is NCCCC(=O)N1C[C@@H]2C[C@H](C1)[C@@H]1CCC[C@H](Cc3ccccc3)N1C2. The van der Waals surface area contributed by atoms with Gasteiger partial charge in [0.2, 0.25) is 5.91 Å². The van der Waals surface area contributed by atoms with Gasteiger partial charge in [0.15, 0.2) is 0 Å². The van der Waals surface area contributed by atoms with E-state index in [0.717, 1.165) is 19.5 Å². The van der Waals surface area contributed by atoms with Crippen molar-refractivity contribution in [1.82, 2.24) is 9.80 Å². The molecule has 0 radical (unpaired) electrons. The molecule has 3 aliphatic heterocycles. The molecule has 1 aromatic carbocycles. The maximum atomic E-state index is 12.5. The van der Waals surface area contributed by atoms with E-state index < -0.39 is 0 Å². The van der Waals surface area contributed by atoms with Crippen LogP contribution in [0.2, 0.25) is 0 Å². The van der Waals surface area contributed by atoms with Crippen LogP contribution in [0.15, 0.2) is 30.3 Å². The molecule has 2 bridgehead atoms. The zero-order chi connectivity index (χ0) is 17.9. The van der Waals surface area contributed by atoms with Crippen molar-refractivity contribution < 1.29 is 4.79 Å². The van der Waals surface area contributed by atoms with E-state index in [2.05, 4.69) is 40.1 Å². The summed E-state index contributed by atoms with van der Waals surface area (Å²) in [6.07, 6.45) is 7.91. The topological polar surface area (TPSA) is 49.6 Å². The number of hydrogen-bond donors (Lipinski definition) is 1. The fourth-order valence-corrected chi connectivity index (χ4v) is 5.63. The first-order valence-corrected chi connectivity index (χ1v) is 10.5. The Balaban J connectivity index is 1.43. The van der Waals surface area contributed by atoms with Gasteiger partial charge in [-0.05, 0) is 56.0 Å². The molecule has 2 N–H and O–H groups in total.